The predicted octanol–water partition coefficient (Wildman–Crippen LogP) is 0.809. The number of likely N-dealkylation sites (N-methyl/N-ethyl adjacent to an activating group) is 1. The molecule has 3 N–H and O–H groups in total. The minimum atomic E-state index is 0.116. The SMILES string of the molecule is CN1CCC(CN)(NCc2ccccc2)C1. The van der Waals surface area contributed by atoms with Crippen molar-refractivity contribution in [3.8, 4) is 0 Å². The number of hydrogen-bond donors (Lipinski definition) is 2. The number of likely N-dealkylation sites (tertiary alicyclic amines) is 1. The highest BCUT2D eigenvalue weighted by Gasteiger charge is 2.34. The van der Waals surface area contributed by atoms with Crippen molar-refractivity contribution in [2.45, 2.75) is 18.5 Å². The average molecular weight is 219 g/mol. The second-order valence-corrected chi connectivity index (χ2v) is 4.81. The molecule has 1 saturated heterocycles. The lowest BCUT2D eigenvalue weighted by Crippen LogP contribution is -2.52. The van der Waals surface area contributed by atoms with Gasteiger partial charge < -0.3 is 16.0 Å². The summed E-state index contributed by atoms with van der Waals surface area (Å²) in [7, 11) is 2.15. The third-order valence-electron chi connectivity index (χ3n) is 3.45. The van der Waals surface area contributed by atoms with Gasteiger partial charge in [0.05, 0.1) is 0 Å². The maximum Gasteiger partial charge on any atom is 0.0447 e. The zero-order valence-electron chi connectivity index (χ0n) is 9.95. The highest BCUT2D eigenvalue weighted by atomic mass is 15.2. The predicted molar refractivity (Wildman–Crippen MR) is 67.2 cm³/mol. The van der Waals surface area contributed by atoms with Crippen molar-refractivity contribution in [1.29, 1.82) is 0 Å². The minimum Gasteiger partial charge on any atom is -0.329 e. The van der Waals surface area contributed by atoms with Crippen LogP contribution in [0.4, 0.5) is 0 Å². The fraction of sp³-hybridized carbons (Fsp3) is 0.538. The van der Waals surface area contributed by atoms with Crippen molar-refractivity contribution < 1.29 is 0 Å². The Labute approximate surface area is 97.6 Å². The van der Waals surface area contributed by atoms with Crippen molar-refractivity contribution in [2.75, 3.05) is 26.7 Å². The van der Waals surface area contributed by atoms with E-state index in [-0.39, 0.29) is 5.54 Å². The van der Waals surface area contributed by atoms with Crippen molar-refractivity contribution in [1.82, 2.24) is 10.2 Å². The molecule has 1 aromatic carbocycles. The van der Waals surface area contributed by atoms with Gasteiger partial charge in [0.15, 0.2) is 0 Å². The first kappa shape index (κ1) is 11.6. The molecule has 1 heterocycles. The van der Waals surface area contributed by atoms with E-state index in [1.54, 1.807) is 0 Å². The molecule has 3 heteroatoms. The van der Waals surface area contributed by atoms with Crippen LogP contribution in [-0.2, 0) is 6.54 Å². The maximum absolute atomic E-state index is 5.91. The number of nitrogens with zero attached hydrogens (tertiary/aromatic N) is 1. The van der Waals surface area contributed by atoms with Crippen LogP contribution >= 0.6 is 0 Å². The molecular formula is C13H21N3. The molecule has 1 aliphatic rings. The molecule has 1 fully saturated rings. The number of rotatable bonds is 4. The molecule has 3 nitrogen and oxygen atoms in total. The van der Waals surface area contributed by atoms with E-state index in [4.69, 9.17) is 5.73 Å². The Balaban J connectivity index is 1.93. The third-order valence-corrected chi connectivity index (χ3v) is 3.45. The third kappa shape index (κ3) is 2.61. The van der Waals surface area contributed by atoms with Gasteiger partial charge in [0, 0.05) is 25.2 Å². The molecule has 2 rings (SSSR count). The highest BCUT2D eigenvalue weighted by Crippen LogP contribution is 2.19. The van der Waals surface area contributed by atoms with Gasteiger partial charge in [-0.25, -0.2) is 0 Å². The average Bonchev–Trinajstić information content (AvgIpc) is 2.71. The fourth-order valence-electron chi connectivity index (χ4n) is 2.35. The lowest BCUT2D eigenvalue weighted by molar-refractivity contribution is 0.315. The summed E-state index contributed by atoms with van der Waals surface area (Å²) in [6.07, 6.45) is 1.15. The molecule has 0 aliphatic carbocycles. The summed E-state index contributed by atoms with van der Waals surface area (Å²) < 4.78 is 0. The van der Waals surface area contributed by atoms with Gasteiger partial charge >= 0.3 is 0 Å². The van der Waals surface area contributed by atoms with E-state index in [1.807, 2.05) is 6.07 Å². The van der Waals surface area contributed by atoms with Gasteiger partial charge in [-0.15, -0.1) is 0 Å². The Morgan fingerprint density at radius 2 is 2.12 bits per heavy atom. The van der Waals surface area contributed by atoms with E-state index in [1.165, 1.54) is 5.56 Å². The van der Waals surface area contributed by atoms with E-state index in [9.17, 15) is 0 Å². The number of nitrogens with two attached hydrogens (primary N) is 1. The standard InChI is InChI=1S/C13H21N3/c1-16-8-7-13(10-14,11-16)15-9-12-5-3-2-4-6-12/h2-6,15H,7-11,14H2,1H3. The fourth-order valence-corrected chi connectivity index (χ4v) is 2.35. The topological polar surface area (TPSA) is 41.3 Å². The summed E-state index contributed by atoms with van der Waals surface area (Å²) in [5.74, 6) is 0. The highest BCUT2D eigenvalue weighted by molar-refractivity contribution is 5.15. The van der Waals surface area contributed by atoms with Crippen molar-refractivity contribution in [2.24, 2.45) is 5.73 Å². The molecule has 16 heavy (non-hydrogen) atoms. The summed E-state index contributed by atoms with van der Waals surface area (Å²) in [6, 6.07) is 10.5. The Morgan fingerprint density at radius 3 is 2.69 bits per heavy atom. The summed E-state index contributed by atoms with van der Waals surface area (Å²) in [4.78, 5) is 2.34. The van der Waals surface area contributed by atoms with Gasteiger partial charge in [0.2, 0.25) is 0 Å². The van der Waals surface area contributed by atoms with Crippen LogP contribution < -0.4 is 11.1 Å². The molecular weight excluding hydrogens is 198 g/mol. The van der Waals surface area contributed by atoms with Crippen molar-refractivity contribution >= 4 is 0 Å². The van der Waals surface area contributed by atoms with E-state index in [0.29, 0.717) is 6.54 Å². The Hall–Kier alpha value is -0.900. The van der Waals surface area contributed by atoms with Crippen LogP contribution in [0.3, 0.4) is 0 Å². The Morgan fingerprint density at radius 1 is 1.38 bits per heavy atom. The van der Waals surface area contributed by atoms with Crippen molar-refractivity contribution in [3.05, 3.63) is 35.9 Å². The molecule has 0 aromatic heterocycles. The summed E-state index contributed by atoms with van der Waals surface area (Å²) in [6.45, 7) is 3.81. The number of hydrogen-bond acceptors (Lipinski definition) is 3. The number of nitrogens with one attached hydrogen (secondary N) is 1. The maximum atomic E-state index is 5.91. The quantitative estimate of drug-likeness (QED) is 0.787. The molecule has 0 saturated carbocycles. The molecule has 88 valence electrons. The van der Waals surface area contributed by atoms with Crippen LogP contribution in [-0.4, -0.2) is 37.1 Å². The molecule has 0 spiro atoms. The first-order chi connectivity index (χ1) is 7.74. The summed E-state index contributed by atoms with van der Waals surface area (Å²) in [5, 5.41) is 3.62. The van der Waals surface area contributed by atoms with E-state index < -0.39 is 0 Å². The van der Waals surface area contributed by atoms with Crippen LogP contribution in [0.5, 0.6) is 0 Å². The van der Waals surface area contributed by atoms with E-state index in [0.717, 1.165) is 26.1 Å². The second-order valence-electron chi connectivity index (χ2n) is 4.81. The lowest BCUT2D eigenvalue weighted by atomic mass is 9.98. The molecule has 1 unspecified atom stereocenters. The lowest BCUT2D eigenvalue weighted by Gasteiger charge is -2.29. The summed E-state index contributed by atoms with van der Waals surface area (Å²) in [5.41, 5.74) is 7.35. The van der Waals surface area contributed by atoms with Gasteiger partial charge in [-0.3, -0.25) is 0 Å². The number of benzene rings is 1. The summed E-state index contributed by atoms with van der Waals surface area (Å²) >= 11 is 0. The first-order valence-corrected chi connectivity index (χ1v) is 5.92. The Kier molecular flexibility index (Phi) is 3.59. The first-order valence-electron chi connectivity index (χ1n) is 5.92. The van der Waals surface area contributed by atoms with Crippen LogP contribution in [0, 0.1) is 0 Å². The largest absolute Gasteiger partial charge is 0.329 e. The monoisotopic (exact) mass is 219 g/mol. The van der Waals surface area contributed by atoms with Gasteiger partial charge in [0.25, 0.3) is 0 Å². The molecule has 1 aromatic rings. The van der Waals surface area contributed by atoms with Gasteiger partial charge in [-0.05, 0) is 25.6 Å². The van der Waals surface area contributed by atoms with E-state index >= 15 is 0 Å². The van der Waals surface area contributed by atoms with Crippen molar-refractivity contribution in [3.63, 3.8) is 0 Å². The Bertz CT molecular complexity index is 325. The zero-order valence-corrected chi connectivity index (χ0v) is 9.95. The molecule has 1 aliphatic heterocycles. The van der Waals surface area contributed by atoms with Gasteiger partial charge in [-0.2, -0.15) is 0 Å². The van der Waals surface area contributed by atoms with Crippen LogP contribution in [0.2, 0.25) is 0 Å². The van der Waals surface area contributed by atoms with E-state index in [2.05, 4.69) is 41.5 Å². The normalized spacial score (nSPS) is 26.1. The molecule has 0 bridgehead atoms. The molecule has 1 atom stereocenters. The second kappa shape index (κ2) is 4.95. The smallest absolute Gasteiger partial charge is 0.0447 e. The van der Waals surface area contributed by atoms with Crippen LogP contribution in [0.25, 0.3) is 0 Å². The molecule has 0 radical (unpaired) electrons. The minimum absolute atomic E-state index is 0.116. The van der Waals surface area contributed by atoms with Crippen LogP contribution in [0.15, 0.2) is 30.3 Å². The van der Waals surface area contributed by atoms with Gasteiger partial charge in [0.1, 0.15) is 0 Å². The van der Waals surface area contributed by atoms with Gasteiger partial charge in [-0.1, -0.05) is 30.3 Å². The molecule has 0 amide bonds. The van der Waals surface area contributed by atoms with Crippen LogP contribution in [0.1, 0.15) is 12.0 Å². The zero-order chi connectivity index (χ0) is 11.4.